The zero-order chi connectivity index (χ0) is 11.7. The molecule has 0 bridgehead atoms. The monoisotopic (exact) mass is 229 g/mol. The first kappa shape index (κ1) is 10.1. The van der Waals surface area contributed by atoms with Gasteiger partial charge in [0.15, 0.2) is 0 Å². The van der Waals surface area contributed by atoms with E-state index in [1.165, 1.54) is 5.56 Å². The molecular formula is C13H15N3O. The standard InChI is InChI=1S/C13H15N3O/c1-17-10-4-2-9(3-5-10)12-8-15-11-6-7-14-13(11)16-12/h2-7,12,14-16H,8H2,1H3. The molecule has 4 nitrogen and oxygen atoms in total. The van der Waals surface area contributed by atoms with E-state index in [9.17, 15) is 0 Å². The molecule has 3 rings (SSSR count). The van der Waals surface area contributed by atoms with Crippen molar-refractivity contribution in [1.29, 1.82) is 0 Å². The summed E-state index contributed by atoms with van der Waals surface area (Å²) < 4.78 is 5.16. The van der Waals surface area contributed by atoms with E-state index in [1.54, 1.807) is 7.11 Å². The number of hydrogen-bond donors (Lipinski definition) is 3. The molecule has 1 unspecified atom stereocenters. The normalized spacial score (nSPS) is 17.8. The lowest BCUT2D eigenvalue weighted by Crippen LogP contribution is -2.25. The number of ether oxygens (including phenoxy) is 1. The van der Waals surface area contributed by atoms with E-state index in [0.717, 1.165) is 23.8 Å². The second-order valence-electron chi connectivity index (χ2n) is 4.12. The van der Waals surface area contributed by atoms with Crippen molar-refractivity contribution in [3.05, 3.63) is 42.1 Å². The van der Waals surface area contributed by atoms with Gasteiger partial charge >= 0.3 is 0 Å². The van der Waals surface area contributed by atoms with Gasteiger partial charge in [0.25, 0.3) is 0 Å². The number of anilines is 2. The zero-order valence-electron chi connectivity index (χ0n) is 9.66. The number of H-pyrrole nitrogens is 1. The van der Waals surface area contributed by atoms with Gasteiger partial charge in [-0.15, -0.1) is 0 Å². The van der Waals surface area contributed by atoms with E-state index in [4.69, 9.17) is 4.74 Å². The second-order valence-corrected chi connectivity index (χ2v) is 4.12. The van der Waals surface area contributed by atoms with Crippen molar-refractivity contribution < 1.29 is 4.74 Å². The van der Waals surface area contributed by atoms with Gasteiger partial charge in [0.1, 0.15) is 11.6 Å². The molecule has 1 aromatic carbocycles. The predicted molar refractivity (Wildman–Crippen MR) is 68.6 cm³/mol. The van der Waals surface area contributed by atoms with E-state index < -0.39 is 0 Å². The average Bonchev–Trinajstić information content (AvgIpc) is 2.86. The van der Waals surface area contributed by atoms with Gasteiger partial charge in [-0.1, -0.05) is 12.1 Å². The first-order chi connectivity index (χ1) is 8.36. The Bertz CT molecular complexity index is 504. The Hall–Kier alpha value is -2.10. The number of nitrogens with one attached hydrogen (secondary N) is 3. The van der Waals surface area contributed by atoms with Gasteiger partial charge < -0.3 is 20.4 Å². The highest BCUT2D eigenvalue weighted by Crippen LogP contribution is 2.30. The molecule has 0 amide bonds. The van der Waals surface area contributed by atoms with Crippen molar-refractivity contribution >= 4 is 11.5 Å². The van der Waals surface area contributed by atoms with E-state index in [-0.39, 0.29) is 6.04 Å². The molecule has 88 valence electrons. The topological polar surface area (TPSA) is 49.1 Å². The minimum Gasteiger partial charge on any atom is -0.497 e. The summed E-state index contributed by atoms with van der Waals surface area (Å²) in [5.41, 5.74) is 2.38. The number of rotatable bonds is 2. The fraction of sp³-hybridized carbons (Fsp3) is 0.231. The fourth-order valence-electron chi connectivity index (χ4n) is 2.11. The summed E-state index contributed by atoms with van der Waals surface area (Å²) in [5.74, 6) is 1.94. The molecule has 17 heavy (non-hydrogen) atoms. The van der Waals surface area contributed by atoms with Gasteiger partial charge in [0.2, 0.25) is 0 Å². The van der Waals surface area contributed by atoms with Crippen molar-refractivity contribution in [2.75, 3.05) is 24.3 Å². The Morgan fingerprint density at radius 3 is 2.76 bits per heavy atom. The van der Waals surface area contributed by atoms with Crippen LogP contribution in [-0.2, 0) is 0 Å². The second kappa shape index (κ2) is 4.05. The van der Waals surface area contributed by atoms with Crippen LogP contribution in [0.4, 0.5) is 11.5 Å². The lowest BCUT2D eigenvalue weighted by Gasteiger charge is -2.26. The van der Waals surface area contributed by atoms with Crippen LogP contribution >= 0.6 is 0 Å². The number of methoxy groups -OCH3 is 1. The lowest BCUT2D eigenvalue weighted by atomic mass is 10.1. The summed E-state index contributed by atoms with van der Waals surface area (Å²) in [7, 11) is 1.68. The fourth-order valence-corrected chi connectivity index (χ4v) is 2.11. The minimum absolute atomic E-state index is 0.284. The Labute approximate surface area is 100.0 Å². The Morgan fingerprint density at radius 2 is 2.00 bits per heavy atom. The summed E-state index contributed by atoms with van der Waals surface area (Å²) >= 11 is 0. The highest BCUT2D eigenvalue weighted by atomic mass is 16.5. The molecule has 0 spiro atoms. The Balaban J connectivity index is 1.81. The molecule has 2 heterocycles. The van der Waals surface area contributed by atoms with Crippen LogP contribution in [0.5, 0.6) is 5.75 Å². The first-order valence-electron chi connectivity index (χ1n) is 5.68. The molecule has 0 aliphatic carbocycles. The SMILES string of the molecule is COc1ccc(C2CNc3cc[nH]c3N2)cc1. The van der Waals surface area contributed by atoms with E-state index >= 15 is 0 Å². The quantitative estimate of drug-likeness (QED) is 0.742. The van der Waals surface area contributed by atoms with Crippen LogP contribution in [0.1, 0.15) is 11.6 Å². The maximum Gasteiger partial charge on any atom is 0.127 e. The van der Waals surface area contributed by atoms with Crippen LogP contribution in [0.2, 0.25) is 0 Å². The minimum atomic E-state index is 0.284. The third-order valence-corrected chi connectivity index (χ3v) is 3.08. The van der Waals surface area contributed by atoms with E-state index in [1.807, 2.05) is 24.4 Å². The summed E-state index contributed by atoms with van der Waals surface area (Å²) in [6.45, 7) is 0.886. The lowest BCUT2D eigenvalue weighted by molar-refractivity contribution is 0.414. The maximum atomic E-state index is 5.16. The molecule has 0 fully saturated rings. The van der Waals surface area contributed by atoms with Crippen molar-refractivity contribution in [1.82, 2.24) is 4.98 Å². The number of fused-ring (bicyclic) bond motifs is 1. The predicted octanol–water partition coefficient (Wildman–Crippen LogP) is 2.60. The highest BCUT2D eigenvalue weighted by Gasteiger charge is 2.18. The highest BCUT2D eigenvalue weighted by molar-refractivity contribution is 5.68. The molecule has 3 N–H and O–H groups in total. The van der Waals surface area contributed by atoms with Gasteiger partial charge in [0, 0.05) is 12.7 Å². The molecule has 1 aromatic heterocycles. The first-order valence-corrected chi connectivity index (χ1v) is 5.68. The third kappa shape index (κ3) is 1.82. The third-order valence-electron chi connectivity index (χ3n) is 3.08. The molecule has 1 aliphatic rings. The molecular weight excluding hydrogens is 214 g/mol. The van der Waals surface area contributed by atoms with Gasteiger partial charge in [-0.25, -0.2) is 0 Å². The molecule has 0 saturated carbocycles. The largest absolute Gasteiger partial charge is 0.497 e. The number of aromatic amines is 1. The van der Waals surface area contributed by atoms with Crippen molar-refractivity contribution in [2.24, 2.45) is 0 Å². The van der Waals surface area contributed by atoms with Gasteiger partial charge in [-0.05, 0) is 23.8 Å². The number of benzene rings is 1. The summed E-state index contributed by atoms with van der Waals surface area (Å²) in [6, 6.07) is 10.5. The average molecular weight is 229 g/mol. The smallest absolute Gasteiger partial charge is 0.127 e. The summed E-state index contributed by atoms with van der Waals surface area (Å²) in [4.78, 5) is 3.18. The Kier molecular flexibility index (Phi) is 2.40. The van der Waals surface area contributed by atoms with Crippen molar-refractivity contribution in [2.45, 2.75) is 6.04 Å². The van der Waals surface area contributed by atoms with Crippen molar-refractivity contribution in [3.8, 4) is 5.75 Å². The molecule has 1 atom stereocenters. The van der Waals surface area contributed by atoms with Crippen LogP contribution in [0.15, 0.2) is 36.5 Å². The molecule has 2 aromatic rings. The zero-order valence-corrected chi connectivity index (χ0v) is 9.66. The molecule has 0 saturated heterocycles. The van der Waals surface area contributed by atoms with Crippen LogP contribution in [0.25, 0.3) is 0 Å². The van der Waals surface area contributed by atoms with Gasteiger partial charge in [-0.2, -0.15) is 0 Å². The summed E-state index contributed by atoms with van der Waals surface area (Å²) in [5, 5.41) is 6.87. The van der Waals surface area contributed by atoms with Gasteiger partial charge in [-0.3, -0.25) is 0 Å². The van der Waals surface area contributed by atoms with Crippen LogP contribution in [0, 0.1) is 0 Å². The number of hydrogen-bond acceptors (Lipinski definition) is 3. The Morgan fingerprint density at radius 1 is 1.18 bits per heavy atom. The van der Waals surface area contributed by atoms with Crippen LogP contribution in [0.3, 0.4) is 0 Å². The van der Waals surface area contributed by atoms with Crippen LogP contribution < -0.4 is 15.4 Å². The van der Waals surface area contributed by atoms with Gasteiger partial charge in [0.05, 0.1) is 18.8 Å². The maximum absolute atomic E-state index is 5.16. The van der Waals surface area contributed by atoms with Crippen molar-refractivity contribution in [3.63, 3.8) is 0 Å². The molecule has 0 radical (unpaired) electrons. The number of aromatic nitrogens is 1. The molecule has 1 aliphatic heterocycles. The molecule has 4 heteroatoms. The van der Waals surface area contributed by atoms with Crippen LogP contribution in [-0.4, -0.2) is 18.6 Å². The van der Waals surface area contributed by atoms with E-state index in [0.29, 0.717) is 0 Å². The summed E-state index contributed by atoms with van der Waals surface area (Å²) in [6.07, 6.45) is 1.93. The van der Waals surface area contributed by atoms with E-state index in [2.05, 4.69) is 27.8 Å².